The summed E-state index contributed by atoms with van der Waals surface area (Å²) in [6.45, 7) is 3.69. The van der Waals surface area contributed by atoms with Crippen LogP contribution in [0.2, 0.25) is 0 Å². The van der Waals surface area contributed by atoms with Crippen molar-refractivity contribution in [3.63, 3.8) is 0 Å². The Morgan fingerprint density at radius 2 is 2.06 bits per heavy atom. The molecule has 0 aliphatic carbocycles. The summed E-state index contributed by atoms with van der Waals surface area (Å²) < 4.78 is 26.4. The molecule has 0 saturated carbocycles. The highest BCUT2D eigenvalue weighted by Gasteiger charge is 2.15. The summed E-state index contributed by atoms with van der Waals surface area (Å²) in [5.74, 6) is 0.901. The zero-order valence-corrected chi connectivity index (χ0v) is 9.43. The monoisotopic (exact) mass is 223 g/mol. The van der Waals surface area contributed by atoms with Crippen molar-refractivity contribution in [2.75, 3.05) is 0 Å². The van der Waals surface area contributed by atoms with Crippen LogP contribution in [0.3, 0.4) is 0 Å². The maximum atomic E-state index is 13.4. The molecule has 86 valence electrons. The van der Waals surface area contributed by atoms with E-state index in [0.717, 1.165) is 6.07 Å². The Hall–Kier alpha value is -1.40. The van der Waals surface area contributed by atoms with Gasteiger partial charge >= 0.3 is 0 Å². The highest BCUT2D eigenvalue weighted by Crippen LogP contribution is 2.19. The van der Waals surface area contributed by atoms with Gasteiger partial charge in [0.15, 0.2) is 11.6 Å². The van der Waals surface area contributed by atoms with Crippen LogP contribution in [0.15, 0.2) is 18.2 Å². The second kappa shape index (κ2) is 5.62. The fraction of sp³-hybridized carbons (Fsp3) is 0.385. The number of rotatable bonds is 4. The summed E-state index contributed by atoms with van der Waals surface area (Å²) in [6.07, 6.45) is 5.73. The number of benzene rings is 1. The number of halogens is 2. The van der Waals surface area contributed by atoms with Gasteiger partial charge in [0.25, 0.3) is 0 Å². The molecule has 0 aromatic heterocycles. The van der Waals surface area contributed by atoms with Crippen molar-refractivity contribution < 1.29 is 8.78 Å². The SMILES string of the molecule is C#CCC(C)NC(C)c1cccc(F)c1F. The van der Waals surface area contributed by atoms with Crippen LogP contribution in [0.1, 0.15) is 31.9 Å². The van der Waals surface area contributed by atoms with Gasteiger partial charge in [0.1, 0.15) is 0 Å². The molecule has 2 atom stereocenters. The van der Waals surface area contributed by atoms with Gasteiger partial charge in [-0.15, -0.1) is 12.3 Å². The normalized spacial score (nSPS) is 14.2. The van der Waals surface area contributed by atoms with Crippen molar-refractivity contribution in [3.05, 3.63) is 35.4 Å². The third-order valence-electron chi connectivity index (χ3n) is 2.41. The van der Waals surface area contributed by atoms with Crippen LogP contribution >= 0.6 is 0 Å². The smallest absolute Gasteiger partial charge is 0.163 e. The van der Waals surface area contributed by atoms with E-state index in [1.807, 2.05) is 6.92 Å². The molecule has 1 rings (SSSR count). The zero-order chi connectivity index (χ0) is 12.1. The summed E-state index contributed by atoms with van der Waals surface area (Å²) in [5.41, 5.74) is 0.323. The Labute approximate surface area is 94.9 Å². The molecular weight excluding hydrogens is 208 g/mol. The predicted molar refractivity (Wildman–Crippen MR) is 60.8 cm³/mol. The Kier molecular flexibility index (Phi) is 4.45. The van der Waals surface area contributed by atoms with Gasteiger partial charge in [0.2, 0.25) is 0 Å². The summed E-state index contributed by atoms with van der Waals surface area (Å²) in [5, 5.41) is 3.12. The van der Waals surface area contributed by atoms with Gasteiger partial charge in [0, 0.05) is 24.1 Å². The van der Waals surface area contributed by atoms with E-state index in [9.17, 15) is 8.78 Å². The fourth-order valence-electron chi connectivity index (χ4n) is 1.61. The molecule has 0 aliphatic heterocycles. The average Bonchev–Trinajstić information content (AvgIpc) is 2.22. The molecule has 0 aliphatic rings. The lowest BCUT2D eigenvalue weighted by atomic mass is 10.1. The van der Waals surface area contributed by atoms with Crippen molar-refractivity contribution in [3.8, 4) is 12.3 Å². The second-order valence-corrected chi connectivity index (χ2v) is 3.84. The van der Waals surface area contributed by atoms with Crippen LogP contribution in [-0.2, 0) is 0 Å². The van der Waals surface area contributed by atoms with Gasteiger partial charge in [-0.05, 0) is 19.9 Å². The number of nitrogens with one attached hydrogen (secondary N) is 1. The van der Waals surface area contributed by atoms with Crippen LogP contribution in [0, 0.1) is 24.0 Å². The lowest BCUT2D eigenvalue weighted by molar-refractivity contribution is 0.445. The molecule has 3 heteroatoms. The van der Waals surface area contributed by atoms with Crippen molar-refractivity contribution >= 4 is 0 Å². The lowest BCUT2D eigenvalue weighted by Gasteiger charge is -2.19. The molecule has 0 spiro atoms. The summed E-state index contributed by atoms with van der Waals surface area (Å²) in [6, 6.07) is 3.98. The molecule has 2 unspecified atom stereocenters. The summed E-state index contributed by atoms with van der Waals surface area (Å²) in [7, 11) is 0. The molecule has 1 N–H and O–H groups in total. The molecular formula is C13H15F2N. The highest BCUT2D eigenvalue weighted by molar-refractivity contribution is 5.22. The first kappa shape index (κ1) is 12.7. The standard InChI is InChI=1S/C13H15F2N/c1-4-6-9(2)16-10(3)11-7-5-8-12(14)13(11)15/h1,5,7-10,16H,6H2,2-3H3. The Bertz CT molecular complexity index is 395. The van der Waals surface area contributed by atoms with E-state index in [-0.39, 0.29) is 12.1 Å². The van der Waals surface area contributed by atoms with E-state index in [1.165, 1.54) is 6.07 Å². The van der Waals surface area contributed by atoms with Gasteiger partial charge in [-0.1, -0.05) is 12.1 Å². The molecule has 16 heavy (non-hydrogen) atoms. The lowest BCUT2D eigenvalue weighted by Crippen LogP contribution is -2.29. The van der Waals surface area contributed by atoms with Gasteiger partial charge in [-0.25, -0.2) is 8.78 Å². The minimum absolute atomic E-state index is 0.0719. The third-order valence-corrected chi connectivity index (χ3v) is 2.41. The van der Waals surface area contributed by atoms with Gasteiger partial charge in [-0.2, -0.15) is 0 Å². The average molecular weight is 223 g/mol. The Morgan fingerprint density at radius 3 is 2.69 bits per heavy atom. The maximum absolute atomic E-state index is 13.4. The number of hydrogen-bond donors (Lipinski definition) is 1. The van der Waals surface area contributed by atoms with E-state index >= 15 is 0 Å². The van der Waals surface area contributed by atoms with E-state index < -0.39 is 11.6 Å². The minimum atomic E-state index is -0.823. The van der Waals surface area contributed by atoms with Crippen molar-refractivity contribution in [1.82, 2.24) is 5.32 Å². The van der Waals surface area contributed by atoms with E-state index in [0.29, 0.717) is 12.0 Å². The topological polar surface area (TPSA) is 12.0 Å². The highest BCUT2D eigenvalue weighted by atomic mass is 19.2. The first-order valence-electron chi connectivity index (χ1n) is 5.19. The van der Waals surface area contributed by atoms with Crippen LogP contribution < -0.4 is 5.32 Å². The van der Waals surface area contributed by atoms with E-state index in [4.69, 9.17) is 6.42 Å². The molecule has 0 saturated heterocycles. The van der Waals surface area contributed by atoms with Gasteiger partial charge in [0.05, 0.1) is 0 Å². The summed E-state index contributed by atoms with van der Waals surface area (Å²) in [4.78, 5) is 0. The summed E-state index contributed by atoms with van der Waals surface area (Å²) >= 11 is 0. The van der Waals surface area contributed by atoms with Crippen LogP contribution in [-0.4, -0.2) is 6.04 Å². The van der Waals surface area contributed by atoms with Crippen molar-refractivity contribution in [1.29, 1.82) is 0 Å². The number of hydrogen-bond acceptors (Lipinski definition) is 1. The molecule has 1 nitrogen and oxygen atoms in total. The molecule has 0 heterocycles. The van der Waals surface area contributed by atoms with Gasteiger partial charge in [-0.3, -0.25) is 0 Å². The minimum Gasteiger partial charge on any atom is -0.307 e. The third kappa shape index (κ3) is 3.04. The number of terminal acetylenes is 1. The largest absolute Gasteiger partial charge is 0.307 e. The Morgan fingerprint density at radius 1 is 1.38 bits per heavy atom. The van der Waals surface area contributed by atoms with Crippen LogP contribution in [0.5, 0.6) is 0 Å². The first-order valence-corrected chi connectivity index (χ1v) is 5.19. The fourth-order valence-corrected chi connectivity index (χ4v) is 1.61. The predicted octanol–water partition coefficient (Wildman–Crippen LogP) is 3.03. The first-order chi connectivity index (χ1) is 7.56. The molecule has 1 aromatic carbocycles. The Balaban J connectivity index is 2.77. The van der Waals surface area contributed by atoms with Crippen LogP contribution in [0.25, 0.3) is 0 Å². The molecule has 0 amide bonds. The molecule has 0 fully saturated rings. The molecule has 0 bridgehead atoms. The van der Waals surface area contributed by atoms with Crippen molar-refractivity contribution in [2.45, 2.75) is 32.4 Å². The van der Waals surface area contributed by atoms with Gasteiger partial charge < -0.3 is 5.32 Å². The quantitative estimate of drug-likeness (QED) is 0.774. The van der Waals surface area contributed by atoms with Crippen molar-refractivity contribution in [2.24, 2.45) is 0 Å². The van der Waals surface area contributed by atoms with E-state index in [1.54, 1.807) is 13.0 Å². The maximum Gasteiger partial charge on any atom is 0.163 e. The zero-order valence-electron chi connectivity index (χ0n) is 9.43. The second-order valence-electron chi connectivity index (χ2n) is 3.84. The molecule has 0 radical (unpaired) electrons. The van der Waals surface area contributed by atoms with Crippen LogP contribution in [0.4, 0.5) is 8.78 Å². The van der Waals surface area contributed by atoms with E-state index in [2.05, 4.69) is 11.2 Å². The molecule has 1 aromatic rings.